The smallest absolute Gasteiger partial charge is 0.432 e. The van der Waals surface area contributed by atoms with Crippen LogP contribution in [-0.4, -0.2) is 25.6 Å². The molecule has 13 heteroatoms. The Hall–Kier alpha value is -3.06. The Balaban J connectivity index is 1.32. The van der Waals surface area contributed by atoms with Crippen LogP contribution in [0.1, 0.15) is 63.9 Å². The highest BCUT2D eigenvalue weighted by Crippen LogP contribution is 2.43. The lowest BCUT2D eigenvalue weighted by atomic mass is 9.80. The lowest BCUT2D eigenvalue weighted by molar-refractivity contribution is -0.248. The first-order chi connectivity index (χ1) is 20.9. The largest absolute Gasteiger partial charge is 0.459 e. The van der Waals surface area contributed by atoms with Gasteiger partial charge in [0.2, 0.25) is 0 Å². The highest BCUT2D eigenvalue weighted by molar-refractivity contribution is 5.35. The summed E-state index contributed by atoms with van der Waals surface area (Å²) in [7, 11) is 0. The third kappa shape index (κ3) is 8.99. The molecule has 1 aliphatic carbocycles. The zero-order chi connectivity index (χ0) is 31.9. The third-order valence-electron chi connectivity index (χ3n) is 7.75. The number of unbranched alkanes of at least 4 members (excludes halogenated alkanes) is 2. The van der Waals surface area contributed by atoms with Gasteiger partial charge in [0, 0.05) is 24.0 Å². The molecule has 4 rings (SSSR count). The van der Waals surface area contributed by atoms with Gasteiger partial charge in [-0.05, 0) is 56.4 Å². The van der Waals surface area contributed by atoms with E-state index < -0.39 is 59.2 Å². The van der Waals surface area contributed by atoms with Gasteiger partial charge in [-0.3, -0.25) is 0 Å². The Morgan fingerprint density at radius 1 is 0.841 bits per heavy atom. The fourth-order valence-electron chi connectivity index (χ4n) is 5.43. The van der Waals surface area contributed by atoms with E-state index in [4.69, 9.17) is 9.47 Å². The Kier molecular flexibility index (Phi) is 11.4. The van der Waals surface area contributed by atoms with Gasteiger partial charge in [-0.2, -0.15) is 26.3 Å². The summed E-state index contributed by atoms with van der Waals surface area (Å²) in [4.78, 5) is 0. The van der Waals surface area contributed by atoms with Crippen LogP contribution in [0.4, 0.5) is 35.1 Å². The van der Waals surface area contributed by atoms with Crippen molar-refractivity contribution in [3.05, 3.63) is 65.9 Å². The summed E-state index contributed by atoms with van der Waals surface area (Å²) in [5.41, 5.74) is -1.82. The van der Waals surface area contributed by atoms with E-state index in [1.54, 1.807) is 0 Å². The van der Waals surface area contributed by atoms with Crippen molar-refractivity contribution in [2.24, 2.45) is 17.8 Å². The molecule has 0 aromatic heterocycles. The predicted octanol–water partition coefficient (Wildman–Crippen LogP) is 9.56. The van der Waals surface area contributed by atoms with Gasteiger partial charge in [-0.1, -0.05) is 26.2 Å². The van der Waals surface area contributed by atoms with E-state index in [-0.39, 0.29) is 42.9 Å². The number of hydrogen-bond donors (Lipinski definition) is 0. The van der Waals surface area contributed by atoms with Crippen LogP contribution < -0.4 is 14.2 Å². The van der Waals surface area contributed by atoms with Crippen LogP contribution >= 0.6 is 0 Å². The molecular weight excluding hydrogens is 604 g/mol. The maximum atomic E-state index is 15.0. The number of benzene rings is 2. The van der Waals surface area contributed by atoms with Crippen LogP contribution in [0, 0.1) is 29.4 Å². The summed E-state index contributed by atoms with van der Waals surface area (Å²) in [6.07, 6.45) is -5.67. The van der Waals surface area contributed by atoms with Crippen molar-refractivity contribution in [2.75, 3.05) is 13.2 Å². The number of ether oxygens (including phenoxy) is 5. The monoisotopic (exact) mass is 638 g/mol. The average molecular weight is 639 g/mol. The molecule has 2 aromatic rings. The molecule has 1 saturated heterocycles. The van der Waals surface area contributed by atoms with E-state index >= 15 is 8.78 Å². The second-order valence-electron chi connectivity index (χ2n) is 11.0. The number of rotatable bonds is 13. The van der Waals surface area contributed by atoms with E-state index in [1.165, 1.54) is 0 Å². The molecule has 0 unspecified atom stereocenters. The van der Waals surface area contributed by atoms with E-state index in [9.17, 15) is 26.3 Å². The summed E-state index contributed by atoms with van der Waals surface area (Å²) < 4.78 is 138. The van der Waals surface area contributed by atoms with Crippen LogP contribution in [0.25, 0.3) is 0 Å². The van der Waals surface area contributed by atoms with E-state index in [1.807, 2.05) is 0 Å². The maximum absolute atomic E-state index is 15.0. The molecule has 5 nitrogen and oxygen atoms in total. The fraction of sp³-hybridized carbons (Fsp3) is 0.548. The molecule has 2 fully saturated rings. The summed E-state index contributed by atoms with van der Waals surface area (Å²) in [6, 6.07) is 4.28. The molecule has 0 atom stereocenters. The van der Waals surface area contributed by atoms with Crippen molar-refractivity contribution in [1.29, 1.82) is 0 Å². The van der Waals surface area contributed by atoms with Crippen molar-refractivity contribution < 1.29 is 58.8 Å². The summed E-state index contributed by atoms with van der Waals surface area (Å²) in [5.74, 6) is -6.46. The fourth-order valence-corrected chi connectivity index (χ4v) is 5.43. The molecule has 0 radical (unpaired) electrons. The average Bonchev–Trinajstić information content (AvgIpc) is 2.96. The minimum Gasteiger partial charge on any atom is -0.459 e. The first-order valence-electron chi connectivity index (χ1n) is 14.5. The molecule has 1 saturated carbocycles. The number of alkyl halides is 4. The van der Waals surface area contributed by atoms with Gasteiger partial charge < -0.3 is 23.7 Å². The van der Waals surface area contributed by atoms with Gasteiger partial charge in [0.15, 0.2) is 12.6 Å². The van der Waals surface area contributed by atoms with Gasteiger partial charge in [0.1, 0.15) is 34.4 Å². The molecule has 244 valence electrons. The molecule has 0 spiro atoms. The molecule has 0 amide bonds. The van der Waals surface area contributed by atoms with Gasteiger partial charge >= 0.3 is 18.3 Å². The second-order valence-corrected chi connectivity index (χ2v) is 11.0. The lowest BCUT2D eigenvalue weighted by Gasteiger charge is -2.39. The lowest BCUT2D eigenvalue weighted by Crippen LogP contribution is -2.42. The predicted molar refractivity (Wildman–Crippen MR) is 143 cm³/mol. The zero-order valence-electron chi connectivity index (χ0n) is 24.0. The molecule has 1 aliphatic heterocycles. The van der Waals surface area contributed by atoms with Crippen LogP contribution in [0.2, 0.25) is 0 Å². The summed E-state index contributed by atoms with van der Waals surface area (Å²) >= 11 is 0. The molecule has 2 aliphatic rings. The summed E-state index contributed by atoms with van der Waals surface area (Å²) in [5, 5.41) is 0. The third-order valence-corrected chi connectivity index (χ3v) is 7.75. The second kappa shape index (κ2) is 14.8. The van der Waals surface area contributed by atoms with E-state index in [0.717, 1.165) is 49.9 Å². The van der Waals surface area contributed by atoms with E-state index in [0.29, 0.717) is 32.0 Å². The quantitative estimate of drug-likeness (QED) is 0.124. The normalized spacial score (nSPS) is 22.8. The molecule has 44 heavy (non-hydrogen) atoms. The molecular formula is C31H34F8O5. The minimum atomic E-state index is -4.57. The van der Waals surface area contributed by atoms with Gasteiger partial charge in [0.05, 0.1) is 19.1 Å². The van der Waals surface area contributed by atoms with Gasteiger partial charge in [-0.15, -0.1) is 0 Å². The minimum absolute atomic E-state index is 0.0403. The van der Waals surface area contributed by atoms with Crippen molar-refractivity contribution >= 4 is 0 Å². The van der Waals surface area contributed by atoms with Crippen LogP contribution in [0.15, 0.2) is 48.7 Å². The first-order valence-corrected chi connectivity index (χ1v) is 14.5. The van der Waals surface area contributed by atoms with Crippen LogP contribution in [0.3, 0.4) is 0 Å². The highest BCUT2D eigenvalue weighted by atomic mass is 19.3. The first kappa shape index (κ1) is 33.8. The zero-order valence-corrected chi connectivity index (χ0v) is 24.0. The molecule has 1 heterocycles. The van der Waals surface area contributed by atoms with E-state index in [2.05, 4.69) is 21.1 Å². The highest BCUT2D eigenvalue weighted by Gasteiger charge is 2.47. The topological polar surface area (TPSA) is 46.2 Å². The SMILES string of the molecule is CCCCCC1COC(C2CCC(C(F)(F)Oc3cc(F)c(C(F)(F)Oc4ccc(OC=C(F)F)cc4)c(F)c3)CC2)OC1. The Bertz CT molecular complexity index is 1210. The summed E-state index contributed by atoms with van der Waals surface area (Å²) in [6.45, 7) is 3.26. The Morgan fingerprint density at radius 3 is 2.00 bits per heavy atom. The van der Waals surface area contributed by atoms with Crippen LogP contribution in [0.5, 0.6) is 17.2 Å². The Morgan fingerprint density at radius 2 is 1.43 bits per heavy atom. The number of hydrogen-bond acceptors (Lipinski definition) is 5. The van der Waals surface area contributed by atoms with Crippen molar-refractivity contribution in [3.63, 3.8) is 0 Å². The Labute approximate surface area is 250 Å². The molecule has 0 bridgehead atoms. The molecule has 0 N–H and O–H groups in total. The van der Waals surface area contributed by atoms with Crippen molar-refractivity contribution in [3.8, 4) is 17.2 Å². The number of halogens is 8. The van der Waals surface area contributed by atoms with Crippen LogP contribution in [-0.2, 0) is 15.6 Å². The molecule has 2 aromatic carbocycles. The standard InChI is InChI=1S/C31H34F8O5/c1-2-3-4-5-19-16-41-29(42-17-19)20-6-8-21(9-7-20)30(36,37)44-24-14-25(32)28(26(33)15-24)31(38,39)43-23-12-10-22(11-13-23)40-18-27(34)35/h10-15,18-21,29H,2-9,16-17H2,1H3. The van der Waals surface area contributed by atoms with Crippen molar-refractivity contribution in [2.45, 2.75) is 76.8 Å². The van der Waals surface area contributed by atoms with Gasteiger partial charge in [0.25, 0.3) is 0 Å². The maximum Gasteiger partial charge on any atom is 0.432 e. The van der Waals surface area contributed by atoms with Crippen molar-refractivity contribution in [1.82, 2.24) is 0 Å². The van der Waals surface area contributed by atoms with Gasteiger partial charge in [-0.25, -0.2) is 8.78 Å².